The molecule has 3 rings (SSSR count). The van der Waals surface area contributed by atoms with Gasteiger partial charge in [0.2, 0.25) is 0 Å². The summed E-state index contributed by atoms with van der Waals surface area (Å²) in [4.78, 5) is 26.2. The topological polar surface area (TPSA) is 107 Å². The van der Waals surface area contributed by atoms with Crippen LogP contribution in [0.25, 0.3) is 11.4 Å². The summed E-state index contributed by atoms with van der Waals surface area (Å²) in [5, 5.41) is 20.3. The van der Waals surface area contributed by atoms with E-state index in [9.17, 15) is 20.0 Å². The zero-order chi connectivity index (χ0) is 22.4. The van der Waals surface area contributed by atoms with Crippen molar-refractivity contribution in [3.63, 3.8) is 0 Å². The second-order valence-electron chi connectivity index (χ2n) is 6.98. The maximum absolute atomic E-state index is 11.4. The number of carboxylic acid groups (broad SMARTS) is 1. The van der Waals surface area contributed by atoms with Gasteiger partial charge in [0.05, 0.1) is 23.6 Å². The van der Waals surface area contributed by atoms with Gasteiger partial charge in [-0.1, -0.05) is 37.1 Å². The highest BCUT2D eigenvalue weighted by Gasteiger charge is 2.20. The number of carbonyl (C=O) groups is 1. The van der Waals surface area contributed by atoms with Crippen LogP contribution in [0.3, 0.4) is 0 Å². The monoisotopic (exact) mass is 443 g/mol. The Hall–Kier alpha value is -3.39. The van der Waals surface area contributed by atoms with Crippen molar-refractivity contribution in [1.82, 2.24) is 9.55 Å². The summed E-state index contributed by atoms with van der Waals surface area (Å²) in [6.07, 6.45) is 1.74. The van der Waals surface area contributed by atoms with Gasteiger partial charge in [-0.2, -0.15) is 0 Å². The molecule has 0 fully saturated rings. The molecule has 0 aliphatic rings. The fraction of sp³-hybridized carbons (Fsp3) is 0.273. The van der Waals surface area contributed by atoms with Crippen molar-refractivity contribution in [3.05, 3.63) is 75.1 Å². The van der Waals surface area contributed by atoms with Crippen LogP contribution in [0.4, 0.5) is 5.69 Å². The molecule has 2 aromatic carbocycles. The Morgan fingerprint density at radius 3 is 2.45 bits per heavy atom. The molecule has 0 saturated carbocycles. The molecular weight excluding hydrogens is 422 g/mol. The molecule has 3 aromatic rings. The van der Waals surface area contributed by atoms with Crippen molar-refractivity contribution in [3.8, 4) is 17.1 Å². The number of aliphatic carboxylic acids is 1. The number of hydrogen-bond acceptors (Lipinski definition) is 5. The fourth-order valence-electron chi connectivity index (χ4n) is 3.10. The molecule has 0 unspecified atom stereocenters. The molecule has 8 nitrogen and oxygen atoms in total. The lowest BCUT2D eigenvalue weighted by Crippen LogP contribution is -2.11. The lowest BCUT2D eigenvalue weighted by molar-refractivity contribution is -0.384. The third-order valence-electron chi connectivity index (χ3n) is 4.71. The molecule has 1 heterocycles. The van der Waals surface area contributed by atoms with Crippen molar-refractivity contribution < 1.29 is 19.6 Å². The van der Waals surface area contributed by atoms with E-state index >= 15 is 0 Å². The Kier molecular flexibility index (Phi) is 7.25. The van der Waals surface area contributed by atoms with Gasteiger partial charge in [0.25, 0.3) is 5.69 Å². The fourth-order valence-corrected chi connectivity index (χ4v) is 3.35. The van der Waals surface area contributed by atoms with Crippen molar-refractivity contribution >= 4 is 23.3 Å². The molecule has 0 amide bonds. The summed E-state index contributed by atoms with van der Waals surface area (Å²) in [6.45, 7) is 3.09. The number of nitro benzene ring substituents is 1. The molecule has 9 heteroatoms. The number of aromatic nitrogens is 2. The van der Waals surface area contributed by atoms with Crippen LogP contribution in [-0.2, 0) is 17.8 Å². The van der Waals surface area contributed by atoms with Crippen LogP contribution < -0.4 is 4.74 Å². The second kappa shape index (κ2) is 10.1. The number of halogens is 1. The number of nitro groups is 1. The molecule has 31 heavy (non-hydrogen) atoms. The van der Waals surface area contributed by atoms with Crippen LogP contribution in [0.5, 0.6) is 5.75 Å². The number of unbranched alkanes of at least 4 members (excludes halogenated alkanes) is 1. The van der Waals surface area contributed by atoms with Crippen LogP contribution >= 0.6 is 11.6 Å². The minimum absolute atomic E-state index is 0.0441. The zero-order valence-corrected chi connectivity index (χ0v) is 17.7. The summed E-state index contributed by atoms with van der Waals surface area (Å²) in [5.41, 5.74) is 1.83. The van der Waals surface area contributed by atoms with E-state index in [-0.39, 0.29) is 17.3 Å². The van der Waals surface area contributed by atoms with E-state index in [1.165, 1.54) is 12.1 Å². The van der Waals surface area contributed by atoms with Gasteiger partial charge < -0.3 is 14.4 Å². The molecule has 0 spiro atoms. The van der Waals surface area contributed by atoms with Crippen LogP contribution in [0.2, 0.25) is 5.15 Å². The van der Waals surface area contributed by atoms with Gasteiger partial charge in [0.1, 0.15) is 11.6 Å². The molecule has 1 N–H and O–H groups in total. The van der Waals surface area contributed by atoms with Crippen LogP contribution in [0.15, 0.2) is 48.5 Å². The number of ether oxygens (including phenoxy) is 1. The van der Waals surface area contributed by atoms with Gasteiger partial charge in [0.15, 0.2) is 5.15 Å². The van der Waals surface area contributed by atoms with Crippen LogP contribution in [0.1, 0.15) is 31.0 Å². The van der Waals surface area contributed by atoms with Crippen molar-refractivity contribution in [2.75, 3.05) is 6.61 Å². The number of hydrogen-bond donors (Lipinski definition) is 1. The van der Waals surface area contributed by atoms with E-state index in [1.54, 1.807) is 16.7 Å². The van der Waals surface area contributed by atoms with E-state index in [0.717, 1.165) is 24.2 Å². The number of benzene rings is 2. The molecule has 1 aromatic heterocycles. The van der Waals surface area contributed by atoms with Crippen LogP contribution in [-0.4, -0.2) is 32.2 Å². The first kappa shape index (κ1) is 22.3. The average molecular weight is 444 g/mol. The van der Waals surface area contributed by atoms with E-state index in [2.05, 4.69) is 11.9 Å². The minimum atomic E-state index is -1.03. The molecule has 0 saturated heterocycles. The Morgan fingerprint density at radius 1 is 1.19 bits per heavy atom. The van der Waals surface area contributed by atoms with E-state index in [0.29, 0.717) is 30.2 Å². The normalized spacial score (nSPS) is 10.8. The van der Waals surface area contributed by atoms with E-state index in [4.69, 9.17) is 16.3 Å². The highest BCUT2D eigenvalue weighted by atomic mass is 35.5. The summed E-state index contributed by atoms with van der Waals surface area (Å²) in [6, 6.07) is 13.4. The Balaban J connectivity index is 1.93. The summed E-state index contributed by atoms with van der Waals surface area (Å²) in [7, 11) is 0. The van der Waals surface area contributed by atoms with Gasteiger partial charge in [-0.15, -0.1) is 0 Å². The lowest BCUT2D eigenvalue weighted by atomic mass is 10.1. The van der Waals surface area contributed by atoms with Gasteiger partial charge in [-0.25, -0.2) is 4.98 Å². The predicted octanol–water partition coefficient (Wildman–Crippen LogP) is 4.97. The number of carboxylic acids is 1. The Bertz CT molecular complexity index is 1060. The molecular formula is C22H22ClN3O5. The van der Waals surface area contributed by atoms with Gasteiger partial charge in [-0.05, 0) is 36.2 Å². The van der Waals surface area contributed by atoms with Crippen molar-refractivity contribution in [2.45, 2.75) is 32.7 Å². The second-order valence-corrected chi connectivity index (χ2v) is 7.34. The third kappa shape index (κ3) is 5.61. The molecule has 0 aliphatic carbocycles. The van der Waals surface area contributed by atoms with Gasteiger partial charge in [-0.3, -0.25) is 14.9 Å². The minimum Gasteiger partial charge on any atom is -0.494 e. The molecule has 0 radical (unpaired) electrons. The van der Waals surface area contributed by atoms with Crippen molar-refractivity contribution in [1.29, 1.82) is 0 Å². The smallest absolute Gasteiger partial charge is 0.309 e. The standard InChI is InChI=1S/C22H22ClN3O5/c1-2-3-12-31-18-10-4-15(5-11-18)14-25-19(13-20(27)28)21(23)24-22(25)16-6-8-17(9-7-16)26(29)30/h4-11H,2-3,12-14H2,1H3,(H,27,28). The zero-order valence-electron chi connectivity index (χ0n) is 17.0. The van der Waals surface area contributed by atoms with E-state index in [1.807, 2.05) is 24.3 Å². The maximum Gasteiger partial charge on any atom is 0.309 e. The summed E-state index contributed by atoms with van der Waals surface area (Å²) < 4.78 is 7.41. The predicted molar refractivity (Wildman–Crippen MR) is 117 cm³/mol. The highest BCUT2D eigenvalue weighted by Crippen LogP contribution is 2.29. The van der Waals surface area contributed by atoms with Crippen LogP contribution in [0, 0.1) is 10.1 Å². The quantitative estimate of drug-likeness (QED) is 0.269. The highest BCUT2D eigenvalue weighted by molar-refractivity contribution is 6.30. The van der Waals surface area contributed by atoms with Gasteiger partial charge >= 0.3 is 5.97 Å². The SMILES string of the molecule is CCCCOc1ccc(Cn2c(-c3ccc([N+](=O)[O-])cc3)nc(Cl)c2CC(=O)O)cc1. The Labute approximate surface area is 184 Å². The first-order valence-corrected chi connectivity index (χ1v) is 10.2. The average Bonchev–Trinajstić information content (AvgIpc) is 3.04. The molecule has 0 bridgehead atoms. The third-order valence-corrected chi connectivity index (χ3v) is 5.01. The number of non-ortho nitro benzene ring substituents is 1. The van der Waals surface area contributed by atoms with Crippen molar-refractivity contribution in [2.24, 2.45) is 0 Å². The first-order chi connectivity index (χ1) is 14.9. The Morgan fingerprint density at radius 2 is 1.87 bits per heavy atom. The molecule has 0 atom stereocenters. The number of rotatable bonds is 10. The van der Waals surface area contributed by atoms with E-state index < -0.39 is 10.9 Å². The molecule has 162 valence electrons. The first-order valence-electron chi connectivity index (χ1n) is 9.82. The summed E-state index contributed by atoms with van der Waals surface area (Å²) >= 11 is 6.26. The maximum atomic E-state index is 11.4. The number of imidazole rings is 1. The molecule has 0 aliphatic heterocycles. The van der Waals surface area contributed by atoms with Gasteiger partial charge in [0, 0.05) is 24.2 Å². The lowest BCUT2D eigenvalue weighted by Gasteiger charge is -2.12. The summed E-state index contributed by atoms with van der Waals surface area (Å²) in [5.74, 6) is 0.180. The largest absolute Gasteiger partial charge is 0.494 e. The number of nitrogens with zero attached hydrogens (tertiary/aromatic N) is 3.